The Hall–Kier alpha value is -3.29. The number of hydrogen-bond acceptors (Lipinski definition) is 6. The first-order chi connectivity index (χ1) is 12.7. The van der Waals surface area contributed by atoms with Crippen LogP contribution in [0.15, 0.2) is 41.1 Å². The Balaban J connectivity index is 1.55. The van der Waals surface area contributed by atoms with Crippen LogP contribution in [0.3, 0.4) is 0 Å². The quantitative estimate of drug-likeness (QED) is 0.731. The first kappa shape index (κ1) is 16.2. The molecule has 0 unspecified atom stereocenters. The summed E-state index contributed by atoms with van der Waals surface area (Å²) in [6.45, 7) is 3.08. The lowest BCUT2D eigenvalue weighted by molar-refractivity contribution is -0.121. The number of hydrogen-bond donors (Lipinski definition) is 1. The molecule has 0 fully saturated rings. The number of aromatic nitrogens is 3. The molecule has 0 radical (unpaired) electrons. The van der Waals surface area contributed by atoms with Crippen molar-refractivity contribution in [2.45, 2.75) is 19.9 Å². The fourth-order valence-corrected chi connectivity index (χ4v) is 2.70. The van der Waals surface area contributed by atoms with Crippen molar-refractivity contribution >= 4 is 5.91 Å². The molecule has 0 aliphatic carbocycles. The minimum absolute atomic E-state index is 0.0557. The number of carbonyl (C=O) groups is 1. The van der Waals surface area contributed by atoms with Crippen molar-refractivity contribution in [3.63, 3.8) is 0 Å². The van der Waals surface area contributed by atoms with Gasteiger partial charge in [0.25, 0.3) is 5.89 Å². The summed E-state index contributed by atoms with van der Waals surface area (Å²) < 4.78 is 17.9. The molecule has 8 nitrogen and oxygen atoms in total. The summed E-state index contributed by atoms with van der Waals surface area (Å²) in [5.41, 5.74) is 1.46. The van der Waals surface area contributed by atoms with Gasteiger partial charge in [-0.3, -0.25) is 4.79 Å². The topological polar surface area (TPSA) is 91.4 Å². The number of nitrogens with one attached hydrogen (secondary N) is 1. The molecule has 1 amide bonds. The molecule has 0 bridgehead atoms. The van der Waals surface area contributed by atoms with E-state index in [1.54, 1.807) is 4.57 Å². The van der Waals surface area contributed by atoms with Gasteiger partial charge >= 0.3 is 0 Å². The van der Waals surface area contributed by atoms with Crippen LogP contribution in [0.4, 0.5) is 0 Å². The van der Waals surface area contributed by atoms with Crippen LogP contribution in [0.25, 0.3) is 23.0 Å². The van der Waals surface area contributed by atoms with Crippen molar-refractivity contribution in [1.29, 1.82) is 0 Å². The molecule has 1 aliphatic rings. The summed E-state index contributed by atoms with van der Waals surface area (Å²) in [6, 6.07) is 9.15. The predicted molar refractivity (Wildman–Crippen MR) is 92.6 cm³/mol. The highest BCUT2D eigenvalue weighted by atomic mass is 16.7. The molecule has 8 heteroatoms. The molecule has 3 heterocycles. The van der Waals surface area contributed by atoms with Crippen molar-refractivity contribution in [2.24, 2.45) is 0 Å². The maximum atomic E-state index is 12.0. The average Bonchev–Trinajstić information content (AvgIpc) is 3.38. The Labute approximate surface area is 149 Å². The number of fused-ring (bicyclic) bond motifs is 1. The fourth-order valence-electron chi connectivity index (χ4n) is 2.70. The van der Waals surface area contributed by atoms with E-state index < -0.39 is 0 Å². The Morgan fingerprint density at radius 2 is 2.15 bits per heavy atom. The molecule has 0 saturated carbocycles. The second-order valence-corrected chi connectivity index (χ2v) is 5.86. The number of nitrogens with zero attached hydrogens (tertiary/aromatic N) is 3. The second-order valence-electron chi connectivity index (χ2n) is 5.86. The smallest absolute Gasteiger partial charge is 0.274 e. The number of amides is 1. The number of ether oxygens (including phenoxy) is 2. The van der Waals surface area contributed by atoms with Gasteiger partial charge in [0.1, 0.15) is 12.2 Å². The van der Waals surface area contributed by atoms with E-state index in [9.17, 15) is 4.79 Å². The van der Waals surface area contributed by atoms with Crippen LogP contribution < -0.4 is 14.8 Å². The molecule has 1 aromatic carbocycles. The van der Waals surface area contributed by atoms with E-state index in [2.05, 4.69) is 15.5 Å². The third-order valence-corrected chi connectivity index (χ3v) is 3.99. The number of rotatable bonds is 6. The van der Waals surface area contributed by atoms with Gasteiger partial charge in [0, 0.05) is 18.3 Å². The van der Waals surface area contributed by atoms with Crippen LogP contribution >= 0.6 is 0 Å². The Morgan fingerprint density at radius 1 is 1.27 bits per heavy atom. The highest BCUT2D eigenvalue weighted by molar-refractivity contribution is 5.76. The van der Waals surface area contributed by atoms with Gasteiger partial charge < -0.3 is 23.9 Å². The maximum absolute atomic E-state index is 12.0. The summed E-state index contributed by atoms with van der Waals surface area (Å²) in [6.07, 6.45) is 2.71. The molecule has 0 atom stereocenters. The Kier molecular flexibility index (Phi) is 4.30. The zero-order valence-electron chi connectivity index (χ0n) is 14.3. The summed E-state index contributed by atoms with van der Waals surface area (Å²) >= 11 is 0. The van der Waals surface area contributed by atoms with E-state index in [1.807, 2.05) is 43.5 Å². The minimum atomic E-state index is -0.0557. The van der Waals surface area contributed by atoms with Gasteiger partial charge in [-0.2, -0.15) is 4.98 Å². The normalized spacial score (nSPS) is 12.3. The molecule has 2 aromatic heterocycles. The maximum Gasteiger partial charge on any atom is 0.274 e. The van der Waals surface area contributed by atoms with Gasteiger partial charge in [-0.15, -0.1) is 0 Å². The van der Waals surface area contributed by atoms with E-state index in [4.69, 9.17) is 14.0 Å². The standard InChI is InChI=1S/C18H18N4O4/c1-2-7-19-16(23)10-22-8-3-4-13(22)18-20-17(21-26-18)12-5-6-14-15(9-12)25-11-24-14/h3-6,8-9H,2,7,10-11H2,1H3,(H,19,23). The summed E-state index contributed by atoms with van der Waals surface area (Å²) in [5.74, 6) is 2.10. The van der Waals surface area contributed by atoms with Crippen molar-refractivity contribution in [3.05, 3.63) is 36.5 Å². The molecule has 4 rings (SSSR count). The van der Waals surface area contributed by atoms with Gasteiger partial charge in [0.05, 0.1) is 0 Å². The third-order valence-electron chi connectivity index (χ3n) is 3.99. The zero-order valence-corrected chi connectivity index (χ0v) is 14.3. The third kappa shape index (κ3) is 3.13. The summed E-state index contributed by atoms with van der Waals surface area (Å²) in [4.78, 5) is 16.4. The predicted octanol–water partition coefficient (Wildman–Crippen LogP) is 2.46. The molecule has 26 heavy (non-hydrogen) atoms. The van der Waals surface area contributed by atoms with E-state index in [1.165, 1.54) is 0 Å². The van der Waals surface area contributed by atoms with Gasteiger partial charge in [-0.05, 0) is 36.8 Å². The van der Waals surface area contributed by atoms with Gasteiger partial charge in [0.15, 0.2) is 11.5 Å². The first-order valence-electron chi connectivity index (χ1n) is 8.40. The lowest BCUT2D eigenvalue weighted by Gasteiger charge is -2.06. The van der Waals surface area contributed by atoms with Gasteiger partial charge in [0.2, 0.25) is 18.5 Å². The molecule has 0 spiro atoms. The summed E-state index contributed by atoms with van der Waals surface area (Å²) in [5, 5.41) is 6.89. The second kappa shape index (κ2) is 6.91. The fraction of sp³-hybridized carbons (Fsp3) is 0.278. The number of carbonyl (C=O) groups excluding carboxylic acids is 1. The number of benzene rings is 1. The monoisotopic (exact) mass is 354 g/mol. The van der Waals surface area contributed by atoms with Crippen molar-refractivity contribution < 1.29 is 18.8 Å². The van der Waals surface area contributed by atoms with E-state index >= 15 is 0 Å². The molecular weight excluding hydrogens is 336 g/mol. The van der Waals surface area contributed by atoms with Crippen LogP contribution in [-0.4, -0.2) is 34.0 Å². The van der Waals surface area contributed by atoms with Crippen molar-refractivity contribution in [3.8, 4) is 34.5 Å². The van der Waals surface area contributed by atoms with Crippen LogP contribution in [0.5, 0.6) is 11.5 Å². The summed E-state index contributed by atoms with van der Waals surface area (Å²) in [7, 11) is 0. The van der Waals surface area contributed by atoms with E-state index in [0.717, 1.165) is 12.0 Å². The lowest BCUT2D eigenvalue weighted by Crippen LogP contribution is -2.28. The van der Waals surface area contributed by atoms with Crippen molar-refractivity contribution in [1.82, 2.24) is 20.0 Å². The lowest BCUT2D eigenvalue weighted by atomic mass is 10.2. The largest absolute Gasteiger partial charge is 0.454 e. The van der Waals surface area contributed by atoms with Crippen LogP contribution in [0, 0.1) is 0 Å². The SMILES string of the molecule is CCCNC(=O)Cn1cccc1-c1nc(-c2ccc3c(c2)OCO3)no1. The molecule has 3 aromatic rings. The zero-order chi connectivity index (χ0) is 17.9. The highest BCUT2D eigenvalue weighted by Crippen LogP contribution is 2.35. The van der Waals surface area contributed by atoms with Gasteiger partial charge in [-0.25, -0.2) is 0 Å². The van der Waals surface area contributed by atoms with Gasteiger partial charge in [-0.1, -0.05) is 12.1 Å². The average molecular weight is 354 g/mol. The van der Waals surface area contributed by atoms with Crippen LogP contribution in [0.1, 0.15) is 13.3 Å². The van der Waals surface area contributed by atoms with Crippen molar-refractivity contribution in [2.75, 3.05) is 13.3 Å². The van der Waals surface area contributed by atoms with E-state index in [-0.39, 0.29) is 19.2 Å². The Morgan fingerprint density at radius 3 is 3.04 bits per heavy atom. The Bertz CT molecular complexity index is 931. The molecule has 0 saturated heterocycles. The van der Waals surface area contributed by atoms with Crippen LogP contribution in [0.2, 0.25) is 0 Å². The molecule has 134 valence electrons. The first-order valence-corrected chi connectivity index (χ1v) is 8.40. The minimum Gasteiger partial charge on any atom is -0.454 e. The van der Waals surface area contributed by atoms with E-state index in [0.29, 0.717) is 35.5 Å². The highest BCUT2D eigenvalue weighted by Gasteiger charge is 2.18. The molecular formula is C18H18N4O4. The molecule has 1 N–H and O–H groups in total. The van der Waals surface area contributed by atoms with Crippen LogP contribution in [-0.2, 0) is 11.3 Å². The molecule has 1 aliphatic heterocycles.